The minimum Gasteiger partial charge on any atom is -0.495 e. The molecule has 1 fully saturated rings. The molecule has 0 radical (unpaired) electrons. The Morgan fingerprint density at radius 2 is 1.93 bits per heavy atom. The van der Waals surface area contributed by atoms with E-state index in [-0.39, 0.29) is 6.10 Å². The minimum absolute atomic E-state index is 0.00617. The van der Waals surface area contributed by atoms with Crippen molar-refractivity contribution in [3.05, 3.63) is 48.7 Å². The van der Waals surface area contributed by atoms with Gasteiger partial charge in [-0.3, -0.25) is 0 Å². The average Bonchev–Trinajstić information content (AvgIpc) is 3.29. The van der Waals surface area contributed by atoms with Crippen LogP contribution in [0.2, 0.25) is 0 Å². The van der Waals surface area contributed by atoms with Crippen molar-refractivity contribution in [1.82, 2.24) is 5.32 Å². The van der Waals surface area contributed by atoms with E-state index in [9.17, 15) is 0 Å². The summed E-state index contributed by atoms with van der Waals surface area (Å²) in [6, 6.07) is 14.0. The van der Waals surface area contributed by atoms with Gasteiger partial charge in [0.05, 0.1) is 24.4 Å². The third kappa shape index (κ3) is 3.79. The van der Waals surface area contributed by atoms with Crippen LogP contribution in [0.1, 0.15) is 12.8 Å². The molecule has 30 heavy (non-hydrogen) atoms. The number of para-hydroxylation sites is 2. The van der Waals surface area contributed by atoms with Gasteiger partial charge in [-0.05, 0) is 55.6 Å². The summed E-state index contributed by atoms with van der Waals surface area (Å²) in [7, 11) is 1.74. The van der Waals surface area contributed by atoms with E-state index in [1.54, 1.807) is 13.4 Å². The van der Waals surface area contributed by atoms with Crippen LogP contribution in [-0.4, -0.2) is 46.0 Å². The van der Waals surface area contributed by atoms with Crippen LogP contribution in [0.4, 0.5) is 5.69 Å². The van der Waals surface area contributed by atoms with Crippen LogP contribution in [0, 0.1) is 5.92 Å². The lowest BCUT2D eigenvalue weighted by Crippen LogP contribution is -2.42. The highest BCUT2D eigenvalue weighted by molar-refractivity contribution is 5.87. The first kappa shape index (κ1) is 19.1. The highest BCUT2D eigenvalue weighted by Gasteiger charge is 2.25. The summed E-state index contributed by atoms with van der Waals surface area (Å²) < 4.78 is 23.1. The number of fused-ring (bicyclic) bond motifs is 3. The van der Waals surface area contributed by atoms with Crippen LogP contribution in [-0.2, 0) is 0 Å². The van der Waals surface area contributed by atoms with Gasteiger partial charge in [0.1, 0.15) is 24.0 Å². The molecular formula is C24H28N2O4. The first-order valence-corrected chi connectivity index (χ1v) is 10.7. The van der Waals surface area contributed by atoms with E-state index in [0.29, 0.717) is 12.5 Å². The summed E-state index contributed by atoms with van der Waals surface area (Å²) in [6.07, 6.45) is 4.04. The van der Waals surface area contributed by atoms with Crippen molar-refractivity contribution in [2.24, 2.45) is 5.92 Å². The van der Waals surface area contributed by atoms with Crippen LogP contribution in [0.5, 0.6) is 17.2 Å². The normalized spacial score (nSPS) is 19.2. The summed E-state index contributed by atoms with van der Waals surface area (Å²) in [5.74, 6) is 3.22. The van der Waals surface area contributed by atoms with Gasteiger partial charge in [-0.25, -0.2) is 0 Å². The number of rotatable bonds is 6. The molecule has 3 aromatic rings. The lowest BCUT2D eigenvalue weighted by Gasteiger charge is -2.34. The molecule has 158 valence electrons. The molecule has 5 rings (SSSR count). The third-order valence-electron chi connectivity index (χ3n) is 6.10. The molecule has 2 aromatic carbocycles. The average molecular weight is 408 g/mol. The molecule has 2 aliphatic heterocycles. The van der Waals surface area contributed by atoms with E-state index in [2.05, 4.69) is 22.3 Å². The summed E-state index contributed by atoms with van der Waals surface area (Å²) >= 11 is 0. The van der Waals surface area contributed by atoms with Crippen molar-refractivity contribution >= 4 is 16.7 Å². The van der Waals surface area contributed by atoms with Gasteiger partial charge in [0, 0.05) is 19.6 Å². The molecule has 1 saturated heterocycles. The number of hydrogen-bond acceptors (Lipinski definition) is 6. The van der Waals surface area contributed by atoms with Crippen molar-refractivity contribution < 1.29 is 18.6 Å². The minimum atomic E-state index is 0.00617. The van der Waals surface area contributed by atoms with Gasteiger partial charge in [0.25, 0.3) is 0 Å². The second-order valence-corrected chi connectivity index (χ2v) is 8.04. The molecule has 6 heteroatoms. The predicted molar refractivity (Wildman–Crippen MR) is 117 cm³/mol. The zero-order valence-electron chi connectivity index (χ0n) is 17.3. The Labute approximate surface area is 176 Å². The fourth-order valence-corrected chi connectivity index (χ4v) is 4.43. The number of anilines is 1. The number of piperidine rings is 1. The van der Waals surface area contributed by atoms with Crippen LogP contribution < -0.4 is 24.4 Å². The smallest absolute Gasteiger partial charge is 0.172 e. The molecule has 1 unspecified atom stereocenters. The van der Waals surface area contributed by atoms with Gasteiger partial charge in [-0.2, -0.15) is 0 Å². The van der Waals surface area contributed by atoms with Crippen LogP contribution >= 0.6 is 0 Å². The fourth-order valence-electron chi connectivity index (χ4n) is 4.43. The zero-order valence-corrected chi connectivity index (χ0v) is 17.3. The molecular weight excluding hydrogens is 380 g/mol. The van der Waals surface area contributed by atoms with Gasteiger partial charge in [0.2, 0.25) is 0 Å². The number of methoxy groups -OCH3 is 1. The third-order valence-corrected chi connectivity index (χ3v) is 6.10. The number of furan rings is 1. The van der Waals surface area contributed by atoms with Crippen molar-refractivity contribution in [3.8, 4) is 17.2 Å². The number of benzene rings is 2. The Hall–Kier alpha value is -2.86. The van der Waals surface area contributed by atoms with E-state index in [1.165, 1.54) is 18.5 Å². The number of hydrogen-bond donors (Lipinski definition) is 1. The second kappa shape index (κ2) is 8.48. The van der Waals surface area contributed by atoms with Gasteiger partial charge in [-0.1, -0.05) is 12.1 Å². The second-order valence-electron chi connectivity index (χ2n) is 8.04. The van der Waals surface area contributed by atoms with E-state index in [1.807, 2.05) is 30.3 Å². The summed E-state index contributed by atoms with van der Waals surface area (Å²) in [5, 5.41) is 4.58. The molecule has 2 aliphatic rings. The fraction of sp³-hybridized carbons (Fsp3) is 0.417. The predicted octanol–water partition coefficient (Wildman–Crippen LogP) is 4.09. The maximum absolute atomic E-state index is 6.22. The van der Waals surface area contributed by atoms with Crippen molar-refractivity contribution in [2.75, 3.05) is 44.8 Å². The first-order chi connectivity index (χ1) is 14.8. The standard InChI is InChI=1S/C24H28N2O4/c1-27-22-5-3-2-4-20(22)26-11-8-17(9-12-26)14-25-15-18-16-29-23-7-6-21-19(10-13-28-21)24(23)30-18/h2-7,10,13,17-18,25H,8-9,11-12,14-16H2,1H3. The maximum Gasteiger partial charge on any atom is 0.172 e. The van der Waals surface area contributed by atoms with Gasteiger partial charge >= 0.3 is 0 Å². The number of nitrogens with one attached hydrogen (secondary N) is 1. The van der Waals surface area contributed by atoms with Crippen LogP contribution in [0.3, 0.4) is 0 Å². The van der Waals surface area contributed by atoms with E-state index in [0.717, 1.165) is 54.4 Å². The monoisotopic (exact) mass is 408 g/mol. The largest absolute Gasteiger partial charge is 0.495 e. The van der Waals surface area contributed by atoms with E-state index in [4.69, 9.17) is 18.6 Å². The van der Waals surface area contributed by atoms with Gasteiger partial charge in [0.15, 0.2) is 11.5 Å². The molecule has 1 aromatic heterocycles. The number of nitrogens with zero attached hydrogens (tertiary/aromatic N) is 1. The molecule has 1 atom stereocenters. The highest BCUT2D eigenvalue weighted by atomic mass is 16.6. The van der Waals surface area contributed by atoms with Crippen LogP contribution in [0.15, 0.2) is 53.1 Å². The molecule has 1 N–H and O–H groups in total. The zero-order chi connectivity index (χ0) is 20.3. The summed E-state index contributed by atoms with van der Waals surface area (Å²) in [4.78, 5) is 2.43. The van der Waals surface area contributed by atoms with E-state index < -0.39 is 0 Å². The van der Waals surface area contributed by atoms with Crippen molar-refractivity contribution in [3.63, 3.8) is 0 Å². The van der Waals surface area contributed by atoms with E-state index >= 15 is 0 Å². The molecule has 3 heterocycles. The summed E-state index contributed by atoms with van der Waals surface area (Å²) in [6.45, 7) is 4.46. The summed E-state index contributed by atoms with van der Waals surface area (Å²) in [5.41, 5.74) is 2.02. The SMILES string of the molecule is COc1ccccc1N1CCC(CNCC2COc3ccc4occc4c3O2)CC1. The van der Waals surface area contributed by atoms with Crippen LogP contribution in [0.25, 0.3) is 11.0 Å². The van der Waals surface area contributed by atoms with Gasteiger partial charge < -0.3 is 28.8 Å². The lowest BCUT2D eigenvalue weighted by molar-refractivity contribution is 0.0913. The molecule has 0 amide bonds. The Bertz CT molecular complexity index is 994. The topological polar surface area (TPSA) is 56.1 Å². The highest BCUT2D eigenvalue weighted by Crippen LogP contribution is 2.39. The van der Waals surface area contributed by atoms with Crippen molar-refractivity contribution in [2.45, 2.75) is 18.9 Å². The number of ether oxygens (including phenoxy) is 3. The van der Waals surface area contributed by atoms with Crippen molar-refractivity contribution in [1.29, 1.82) is 0 Å². The van der Waals surface area contributed by atoms with Gasteiger partial charge in [-0.15, -0.1) is 0 Å². The Morgan fingerprint density at radius 1 is 1.07 bits per heavy atom. The molecule has 6 nitrogen and oxygen atoms in total. The molecule has 0 bridgehead atoms. The first-order valence-electron chi connectivity index (χ1n) is 10.7. The Balaban J connectivity index is 1.10. The molecule has 0 spiro atoms. The lowest BCUT2D eigenvalue weighted by atomic mass is 9.96. The Kier molecular flexibility index (Phi) is 5.41. The molecule has 0 saturated carbocycles. The Morgan fingerprint density at radius 3 is 2.80 bits per heavy atom. The maximum atomic E-state index is 6.22. The molecule has 0 aliphatic carbocycles. The quantitative estimate of drug-likeness (QED) is 0.663.